The van der Waals surface area contributed by atoms with Crippen molar-refractivity contribution in [2.75, 3.05) is 11.0 Å². The highest BCUT2D eigenvalue weighted by molar-refractivity contribution is 7.92. The molecule has 0 aliphatic rings. The summed E-state index contributed by atoms with van der Waals surface area (Å²) in [5, 5.41) is 0. The highest BCUT2D eigenvalue weighted by Crippen LogP contribution is 2.26. The van der Waals surface area contributed by atoms with Gasteiger partial charge in [-0.1, -0.05) is 32.0 Å². The van der Waals surface area contributed by atoms with Crippen molar-refractivity contribution in [1.29, 1.82) is 0 Å². The standard InChI is InChI=1S/C17H21NO4S2/c1-4-13-7-6-8-14(5-2)17(13)18-24(21,22)16-11-9-15(10-12-16)23(3,19)20/h6-12,18H,4-5H2,1-3H3. The summed E-state index contributed by atoms with van der Waals surface area (Å²) in [6.07, 6.45) is 2.50. The van der Waals surface area contributed by atoms with Gasteiger partial charge in [0.1, 0.15) is 0 Å². The highest BCUT2D eigenvalue weighted by atomic mass is 32.2. The first kappa shape index (κ1) is 18.5. The maximum Gasteiger partial charge on any atom is 0.261 e. The molecule has 0 saturated heterocycles. The van der Waals surface area contributed by atoms with Gasteiger partial charge in [0, 0.05) is 6.26 Å². The molecule has 0 aromatic heterocycles. The molecule has 0 saturated carbocycles. The van der Waals surface area contributed by atoms with E-state index in [0.717, 1.165) is 17.4 Å². The molecule has 2 aromatic rings. The van der Waals surface area contributed by atoms with Crippen molar-refractivity contribution in [2.45, 2.75) is 36.5 Å². The number of sulfone groups is 1. The van der Waals surface area contributed by atoms with Gasteiger partial charge in [-0.05, 0) is 48.2 Å². The van der Waals surface area contributed by atoms with Gasteiger partial charge in [-0.25, -0.2) is 16.8 Å². The first-order chi connectivity index (χ1) is 11.2. The number of benzene rings is 2. The van der Waals surface area contributed by atoms with Crippen LogP contribution in [0.15, 0.2) is 52.3 Å². The van der Waals surface area contributed by atoms with Crippen molar-refractivity contribution < 1.29 is 16.8 Å². The summed E-state index contributed by atoms with van der Waals surface area (Å²) in [6, 6.07) is 10.9. The van der Waals surface area contributed by atoms with Crippen LogP contribution in [0.1, 0.15) is 25.0 Å². The third-order valence-electron chi connectivity index (χ3n) is 3.80. The zero-order valence-corrected chi connectivity index (χ0v) is 15.5. The van der Waals surface area contributed by atoms with E-state index in [4.69, 9.17) is 0 Å². The van der Waals surface area contributed by atoms with Crippen LogP contribution in [0, 0.1) is 0 Å². The molecule has 0 heterocycles. The number of aryl methyl sites for hydroxylation is 2. The summed E-state index contributed by atoms with van der Waals surface area (Å²) < 4.78 is 50.9. The van der Waals surface area contributed by atoms with Crippen molar-refractivity contribution in [1.82, 2.24) is 0 Å². The molecular weight excluding hydrogens is 346 g/mol. The fourth-order valence-electron chi connectivity index (χ4n) is 2.43. The second-order valence-electron chi connectivity index (χ2n) is 5.51. The predicted molar refractivity (Wildman–Crippen MR) is 95.6 cm³/mol. The monoisotopic (exact) mass is 367 g/mol. The van der Waals surface area contributed by atoms with Gasteiger partial charge in [-0.2, -0.15) is 0 Å². The Hall–Kier alpha value is -1.86. The Bertz CT molecular complexity index is 909. The number of hydrogen-bond donors (Lipinski definition) is 1. The largest absolute Gasteiger partial charge is 0.279 e. The maximum absolute atomic E-state index is 12.6. The third-order valence-corrected chi connectivity index (χ3v) is 6.29. The Morgan fingerprint density at radius 3 is 1.67 bits per heavy atom. The Balaban J connectivity index is 2.43. The summed E-state index contributed by atoms with van der Waals surface area (Å²) in [5.74, 6) is 0. The topological polar surface area (TPSA) is 80.3 Å². The lowest BCUT2D eigenvalue weighted by Gasteiger charge is -2.15. The van der Waals surface area contributed by atoms with Gasteiger partial charge in [-0.3, -0.25) is 4.72 Å². The molecule has 24 heavy (non-hydrogen) atoms. The van der Waals surface area contributed by atoms with Crippen molar-refractivity contribution >= 4 is 25.5 Å². The van der Waals surface area contributed by atoms with Crippen LogP contribution >= 0.6 is 0 Å². The summed E-state index contributed by atoms with van der Waals surface area (Å²) in [5.41, 5.74) is 2.45. The molecule has 130 valence electrons. The Morgan fingerprint density at radius 2 is 1.25 bits per heavy atom. The third kappa shape index (κ3) is 3.96. The van der Waals surface area contributed by atoms with E-state index in [2.05, 4.69) is 4.72 Å². The lowest BCUT2D eigenvalue weighted by Crippen LogP contribution is -2.16. The number of rotatable bonds is 6. The Morgan fingerprint density at radius 1 is 0.792 bits per heavy atom. The molecule has 2 rings (SSSR count). The second kappa shape index (κ2) is 6.94. The molecule has 0 amide bonds. The zero-order valence-electron chi connectivity index (χ0n) is 13.9. The van der Waals surface area contributed by atoms with E-state index in [1.54, 1.807) is 0 Å². The summed E-state index contributed by atoms with van der Waals surface area (Å²) >= 11 is 0. The average molecular weight is 367 g/mol. The average Bonchev–Trinajstić information content (AvgIpc) is 2.54. The molecule has 0 fully saturated rings. The van der Waals surface area contributed by atoms with Crippen molar-refractivity contribution in [2.24, 2.45) is 0 Å². The lowest BCUT2D eigenvalue weighted by molar-refractivity contribution is 0.597. The van der Waals surface area contributed by atoms with Crippen LogP contribution in [0.4, 0.5) is 5.69 Å². The van der Waals surface area contributed by atoms with E-state index in [1.165, 1.54) is 24.3 Å². The molecular formula is C17H21NO4S2. The number of para-hydroxylation sites is 1. The molecule has 5 nitrogen and oxygen atoms in total. The van der Waals surface area contributed by atoms with E-state index >= 15 is 0 Å². The fourth-order valence-corrected chi connectivity index (χ4v) is 4.21. The molecule has 0 atom stereocenters. The lowest BCUT2D eigenvalue weighted by atomic mass is 10.0. The molecule has 2 aromatic carbocycles. The first-order valence-corrected chi connectivity index (χ1v) is 11.0. The van der Waals surface area contributed by atoms with Crippen LogP contribution in [-0.4, -0.2) is 23.1 Å². The van der Waals surface area contributed by atoms with Crippen LogP contribution < -0.4 is 4.72 Å². The fraction of sp³-hybridized carbons (Fsp3) is 0.294. The number of sulfonamides is 1. The van der Waals surface area contributed by atoms with Crippen LogP contribution in [0.25, 0.3) is 0 Å². The van der Waals surface area contributed by atoms with Crippen molar-refractivity contribution in [3.05, 3.63) is 53.6 Å². The zero-order chi connectivity index (χ0) is 18.0. The Labute approximate surface area is 143 Å². The predicted octanol–water partition coefficient (Wildman–Crippen LogP) is 3.02. The smallest absolute Gasteiger partial charge is 0.261 e. The molecule has 0 unspecified atom stereocenters. The van der Waals surface area contributed by atoms with Gasteiger partial charge < -0.3 is 0 Å². The molecule has 0 radical (unpaired) electrons. The summed E-state index contributed by atoms with van der Waals surface area (Å²) in [7, 11) is -7.15. The van der Waals surface area contributed by atoms with Gasteiger partial charge in [0.2, 0.25) is 0 Å². The van der Waals surface area contributed by atoms with Crippen LogP contribution in [0.3, 0.4) is 0 Å². The number of nitrogens with one attached hydrogen (secondary N) is 1. The number of anilines is 1. The van der Waals surface area contributed by atoms with Gasteiger partial charge in [-0.15, -0.1) is 0 Å². The SMILES string of the molecule is CCc1cccc(CC)c1NS(=O)(=O)c1ccc(S(C)(=O)=O)cc1. The molecule has 0 bridgehead atoms. The molecule has 7 heteroatoms. The van der Waals surface area contributed by atoms with E-state index in [9.17, 15) is 16.8 Å². The van der Waals surface area contributed by atoms with Crippen molar-refractivity contribution in [3.8, 4) is 0 Å². The van der Waals surface area contributed by atoms with Crippen molar-refractivity contribution in [3.63, 3.8) is 0 Å². The van der Waals surface area contributed by atoms with Gasteiger partial charge in [0.05, 0.1) is 15.5 Å². The molecule has 0 aliphatic heterocycles. The summed E-state index contributed by atoms with van der Waals surface area (Å²) in [4.78, 5) is 0.118. The van der Waals surface area contributed by atoms with Gasteiger partial charge >= 0.3 is 0 Å². The van der Waals surface area contributed by atoms with Crippen LogP contribution in [-0.2, 0) is 32.7 Å². The van der Waals surface area contributed by atoms with Gasteiger partial charge in [0.15, 0.2) is 9.84 Å². The molecule has 1 N–H and O–H groups in total. The maximum atomic E-state index is 12.6. The summed E-state index contributed by atoms with van der Waals surface area (Å²) in [6.45, 7) is 3.93. The minimum atomic E-state index is -3.79. The second-order valence-corrected chi connectivity index (χ2v) is 9.21. The van der Waals surface area contributed by atoms with E-state index in [1.807, 2.05) is 32.0 Å². The van der Waals surface area contributed by atoms with Crippen LogP contribution in [0.2, 0.25) is 0 Å². The van der Waals surface area contributed by atoms with E-state index in [-0.39, 0.29) is 9.79 Å². The van der Waals surface area contributed by atoms with E-state index < -0.39 is 19.9 Å². The number of hydrogen-bond acceptors (Lipinski definition) is 4. The Kier molecular flexibility index (Phi) is 5.35. The molecule has 0 spiro atoms. The van der Waals surface area contributed by atoms with Crippen LogP contribution in [0.5, 0.6) is 0 Å². The highest BCUT2D eigenvalue weighted by Gasteiger charge is 2.18. The van der Waals surface area contributed by atoms with Gasteiger partial charge in [0.25, 0.3) is 10.0 Å². The first-order valence-electron chi connectivity index (χ1n) is 7.62. The van der Waals surface area contributed by atoms with E-state index in [0.29, 0.717) is 18.5 Å². The normalized spacial score (nSPS) is 12.1. The minimum Gasteiger partial charge on any atom is -0.279 e. The minimum absolute atomic E-state index is 0.0304. The quantitative estimate of drug-likeness (QED) is 0.851. The molecule has 0 aliphatic carbocycles.